The Balaban J connectivity index is 1.77. The molecule has 41 heavy (non-hydrogen) atoms. The zero-order valence-corrected chi connectivity index (χ0v) is 24.6. The molecule has 220 valence electrons. The molecule has 2 aromatic carbocycles. The number of nitrogens with two attached hydrogens (primary N) is 1. The Morgan fingerprint density at radius 2 is 1.95 bits per heavy atom. The molecule has 0 saturated carbocycles. The minimum absolute atomic E-state index is 0.0408. The van der Waals surface area contributed by atoms with Crippen LogP contribution in [0.3, 0.4) is 0 Å². The Bertz CT molecular complexity index is 1440. The number of carbonyl (C=O) groups is 1. The third kappa shape index (κ3) is 8.38. The molecule has 2 aromatic rings. The number of benzene rings is 2. The number of allylic oxidation sites excluding steroid dienone is 4. The van der Waals surface area contributed by atoms with Gasteiger partial charge < -0.3 is 15.8 Å². The summed E-state index contributed by atoms with van der Waals surface area (Å²) in [6.45, 7) is 1.40. The number of aryl methyl sites for hydroxylation is 1. The summed E-state index contributed by atoms with van der Waals surface area (Å²) >= 11 is 0. The molecule has 7 nitrogen and oxygen atoms in total. The highest BCUT2D eigenvalue weighted by molar-refractivity contribution is 7.92. The molecule has 1 heterocycles. The maximum atomic E-state index is 14.2. The second kappa shape index (κ2) is 13.6. The summed E-state index contributed by atoms with van der Waals surface area (Å²) in [5.41, 5.74) is 9.52. The monoisotopic (exact) mass is 581 g/mol. The SMILES string of the molecule is CCCN(c1cc2cc(c1)C(=O)NC(C1=CCC=CC=C1)CCc1cccc(c1)CC(N)(CF)COC2)S(C)(=O)=O. The largest absolute Gasteiger partial charge is 0.375 e. The molecule has 2 aliphatic rings. The summed E-state index contributed by atoms with van der Waals surface area (Å²) < 4.78 is 46.8. The number of alkyl halides is 1. The van der Waals surface area contributed by atoms with Crippen LogP contribution in [0.2, 0.25) is 0 Å². The van der Waals surface area contributed by atoms with E-state index in [9.17, 15) is 17.6 Å². The topological polar surface area (TPSA) is 102 Å². The summed E-state index contributed by atoms with van der Waals surface area (Å²) in [5, 5.41) is 3.21. The molecule has 0 aromatic heterocycles. The van der Waals surface area contributed by atoms with Crippen LogP contribution in [-0.2, 0) is 34.2 Å². The van der Waals surface area contributed by atoms with Gasteiger partial charge in [0.25, 0.3) is 5.91 Å². The summed E-state index contributed by atoms with van der Waals surface area (Å²) in [6.07, 6.45) is 14.2. The lowest BCUT2D eigenvalue weighted by Crippen LogP contribution is -2.48. The number of carbonyl (C=O) groups excluding carboxylic acids is 1. The lowest BCUT2D eigenvalue weighted by Gasteiger charge is -2.27. The van der Waals surface area contributed by atoms with Gasteiger partial charge in [0.15, 0.2) is 0 Å². The van der Waals surface area contributed by atoms with E-state index in [1.807, 2.05) is 49.4 Å². The predicted octanol–water partition coefficient (Wildman–Crippen LogP) is 4.78. The number of anilines is 1. The van der Waals surface area contributed by atoms with Crippen LogP contribution in [0.4, 0.5) is 10.1 Å². The van der Waals surface area contributed by atoms with Crippen LogP contribution in [0.15, 0.2) is 78.4 Å². The lowest BCUT2D eigenvalue weighted by atomic mass is 9.91. The molecule has 4 rings (SSSR count). The van der Waals surface area contributed by atoms with Crippen LogP contribution >= 0.6 is 0 Å². The van der Waals surface area contributed by atoms with Gasteiger partial charge in [0.1, 0.15) is 6.67 Å². The molecule has 3 N–H and O–H groups in total. The summed E-state index contributed by atoms with van der Waals surface area (Å²) in [4.78, 5) is 13.8. The van der Waals surface area contributed by atoms with Crippen LogP contribution in [0, 0.1) is 0 Å². The van der Waals surface area contributed by atoms with Crippen molar-refractivity contribution < 1.29 is 22.3 Å². The Labute approximate surface area is 243 Å². The van der Waals surface area contributed by atoms with E-state index >= 15 is 0 Å². The van der Waals surface area contributed by atoms with E-state index in [0.717, 1.165) is 29.4 Å². The maximum absolute atomic E-state index is 14.2. The molecule has 0 fully saturated rings. The average molecular weight is 582 g/mol. The third-order valence-electron chi connectivity index (χ3n) is 7.28. The van der Waals surface area contributed by atoms with E-state index in [-0.39, 0.29) is 31.7 Å². The quantitative estimate of drug-likeness (QED) is 0.512. The van der Waals surface area contributed by atoms with Gasteiger partial charge in [-0.2, -0.15) is 0 Å². The molecular formula is C32H40FN3O4S. The zero-order chi connectivity index (χ0) is 29.5. The van der Waals surface area contributed by atoms with E-state index in [2.05, 4.69) is 17.5 Å². The number of ether oxygens (including phenoxy) is 1. The molecule has 2 unspecified atom stereocenters. The number of nitrogens with one attached hydrogen (secondary N) is 1. The fraction of sp³-hybridized carbons (Fsp3) is 0.406. The molecule has 9 heteroatoms. The van der Waals surface area contributed by atoms with Crippen molar-refractivity contribution in [2.75, 3.05) is 30.4 Å². The van der Waals surface area contributed by atoms with E-state index in [0.29, 0.717) is 42.5 Å². The van der Waals surface area contributed by atoms with Crippen LogP contribution in [0.5, 0.6) is 0 Å². The van der Waals surface area contributed by atoms with Crippen LogP contribution in [0.1, 0.15) is 53.2 Å². The second-order valence-electron chi connectivity index (χ2n) is 11.0. The first-order chi connectivity index (χ1) is 19.6. The molecule has 0 saturated heterocycles. The van der Waals surface area contributed by atoms with Crippen LogP contribution in [0.25, 0.3) is 0 Å². The van der Waals surface area contributed by atoms with Crippen molar-refractivity contribution in [1.29, 1.82) is 0 Å². The number of hydrogen-bond acceptors (Lipinski definition) is 5. The number of rotatable bonds is 6. The highest BCUT2D eigenvalue weighted by Crippen LogP contribution is 2.25. The van der Waals surface area contributed by atoms with Crippen LogP contribution < -0.4 is 15.4 Å². The standard InChI is InChI=1S/C32H40FN3O4S/c1-3-15-36(41(2,38)39)29-18-26-17-28(19-29)31(37)35-30(27-11-6-4-5-7-12-27)14-13-24-9-8-10-25(16-24)20-32(34,22-33)23-40-21-26/h4-6,8-12,16-19,30H,3,7,13-15,20-23,34H2,1-2H3,(H,35,37). The highest BCUT2D eigenvalue weighted by Gasteiger charge is 2.27. The first-order valence-corrected chi connectivity index (χ1v) is 15.9. The Morgan fingerprint density at radius 3 is 2.71 bits per heavy atom. The second-order valence-corrected chi connectivity index (χ2v) is 12.9. The first kappa shape index (κ1) is 30.7. The molecule has 0 radical (unpaired) electrons. The molecule has 1 aliphatic carbocycles. The van der Waals surface area contributed by atoms with Gasteiger partial charge in [-0.15, -0.1) is 0 Å². The number of amides is 1. The van der Waals surface area contributed by atoms with Crippen molar-refractivity contribution in [1.82, 2.24) is 5.32 Å². The van der Waals surface area contributed by atoms with E-state index in [1.165, 1.54) is 4.31 Å². The Morgan fingerprint density at radius 1 is 1.15 bits per heavy atom. The molecule has 0 spiro atoms. The molecule has 4 bridgehead atoms. The molecule has 1 aliphatic heterocycles. The minimum Gasteiger partial charge on any atom is -0.375 e. The van der Waals surface area contributed by atoms with Gasteiger partial charge in [0.05, 0.1) is 36.7 Å². The van der Waals surface area contributed by atoms with Gasteiger partial charge in [0.2, 0.25) is 10.0 Å². The van der Waals surface area contributed by atoms with Gasteiger partial charge in [-0.3, -0.25) is 9.10 Å². The normalized spacial score (nSPS) is 22.0. The Kier molecular flexibility index (Phi) is 10.2. The summed E-state index contributed by atoms with van der Waals surface area (Å²) in [6, 6.07) is 12.7. The highest BCUT2D eigenvalue weighted by atomic mass is 32.2. The fourth-order valence-electron chi connectivity index (χ4n) is 5.26. The number of hydrogen-bond donors (Lipinski definition) is 2. The fourth-order valence-corrected chi connectivity index (χ4v) is 6.26. The number of fused-ring (bicyclic) bond motifs is 4. The zero-order valence-electron chi connectivity index (χ0n) is 23.8. The smallest absolute Gasteiger partial charge is 0.251 e. The van der Waals surface area contributed by atoms with Gasteiger partial charge in [-0.25, -0.2) is 12.8 Å². The average Bonchev–Trinajstić information content (AvgIpc) is 3.22. The summed E-state index contributed by atoms with van der Waals surface area (Å²) in [7, 11) is -3.60. The van der Waals surface area contributed by atoms with Crippen molar-refractivity contribution in [3.63, 3.8) is 0 Å². The molecule has 2 atom stereocenters. The van der Waals surface area contributed by atoms with E-state index in [1.54, 1.807) is 18.2 Å². The van der Waals surface area contributed by atoms with Crippen molar-refractivity contribution in [2.45, 2.75) is 57.2 Å². The molecule has 1 amide bonds. The van der Waals surface area contributed by atoms with Gasteiger partial charge in [-0.05, 0) is 72.6 Å². The van der Waals surface area contributed by atoms with Gasteiger partial charge >= 0.3 is 0 Å². The number of nitrogens with zero attached hydrogens (tertiary/aromatic N) is 1. The minimum atomic E-state index is -3.60. The van der Waals surface area contributed by atoms with Crippen molar-refractivity contribution in [2.24, 2.45) is 5.73 Å². The van der Waals surface area contributed by atoms with Crippen molar-refractivity contribution >= 4 is 21.6 Å². The first-order valence-electron chi connectivity index (χ1n) is 14.1. The van der Waals surface area contributed by atoms with Crippen molar-refractivity contribution in [3.8, 4) is 0 Å². The number of halogens is 1. The number of sulfonamides is 1. The van der Waals surface area contributed by atoms with E-state index in [4.69, 9.17) is 10.5 Å². The van der Waals surface area contributed by atoms with E-state index < -0.39 is 22.2 Å². The Hall–Kier alpha value is -3.27. The van der Waals surface area contributed by atoms with Crippen molar-refractivity contribution in [3.05, 3.63) is 101 Å². The lowest BCUT2D eigenvalue weighted by molar-refractivity contribution is 0.0621. The van der Waals surface area contributed by atoms with Gasteiger partial charge in [-0.1, -0.05) is 61.6 Å². The predicted molar refractivity (Wildman–Crippen MR) is 162 cm³/mol. The van der Waals surface area contributed by atoms with Gasteiger partial charge in [0, 0.05) is 12.1 Å². The molecular weight excluding hydrogens is 541 g/mol. The van der Waals surface area contributed by atoms with Crippen LogP contribution in [-0.4, -0.2) is 52.0 Å². The maximum Gasteiger partial charge on any atom is 0.251 e. The summed E-state index contributed by atoms with van der Waals surface area (Å²) in [5.74, 6) is -0.313. The third-order valence-corrected chi connectivity index (χ3v) is 8.48.